The molecule has 1 rings (SSSR count). The Kier molecular flexibility index (Phi) is 4.81. The van der Waals surface area contributed by atoms with Gasteiger partial charge in [-0.2, -0.15) is 0 Å². The summed E-state index contributed by atoms with van der Waals surface area (Å²) < 4.78 is 5.40. The van der Waals surface area contributed by atoms with Gasteiger partial charge in [0.1, 0.15) is 0 Å². The maximum atomic E-state index is 10.5. The van der Waals surface area contributed by atoms with Crippen molar-refractivity contribution < 1.29 is 9.84 Å². The Balaban J connectivity index is 2.37. The standard InChI is InChI=1S/C14H28O2/c1-5-12-6-8-14(15,9-7-12)11-10-13(2,3)16-4/h12,15H,5-11H2,1-4H3. The molecular weight excluding hydrogens is 200 g/mol. The van der Waals surface area contributed by atoms with Gasteiger partial charge in [-0.25, -0.2) is 0 Å². The number of rotatable bonds is 5. The van der Waals surface area contributed by atoms with E-state index in [1.807, 2.05) is 0 Å². The molecule has 1 aliphatic rings. The van der Waals surface area contributed by atoms with Crippen molar-refractivity contribution in [2.24, 2.45) is 5.92 Å². The van der Waals surface area contributed by atoms with E-state index in [2.05, 4.69) is 20.8 Å². The molecule has 0 saturated heterocycles. The molecule has 0 aromatic heterocycles. The SMILES string of the molecule is CCC1CCC(O)(CCC(C)(C)OC)CC1. The predicted molar refractivity (Wildman–Crippen MR) is 67.5 cm³/mol. The molecule has 0 unspecified atom stereocenters. The van der Waals surface area contributed by atoms with Crippen LogP contribution < -0.4 is 0 Å². The molecule has 2 heteroatoms. The molecular formula is C14H28O2. The molecule has 1 saturated carbocycles. The van der Waals surface area contributed by atoms with Gasteiger partial charge < -0.3 is 9.84 Å². The highest BCUT2D eigenvalue weighted by Crippen LogP contribution is 2.37. The molecule has 0 spiro atoms. The summed E-state index contributed by atoms with van der Waals surface area (Å²) in [5, 5.41) is 10.5. The smallest absolute Gasteiger partial charge is 0.0649 e. The molecule has 0 heterocycles. The minimum atomic E-state index is -0.415. The lowest BCUT2D eigenvalue weighted by molar-refractivity contribution is -0.0495. The van der Waals surface area contributed by atoms with Crippen molar-refractivity contribution in [3.05, 3.63) is 0 Å². The van der Waals surface area contributed by atoms with Crippen molar-refractivity contribution in [3.8, 4) is 0 Å². The minimum absolute atomic E-state index is 0.0999. The molecule has 0 aromatic carbocycles. The van der Waals surface area contributed by atoms with Gasteiger partial charge in [0.15, 0.2) is 0 Å². The maximum absolute atomic E-state index is 10.5. The van der Waals surface area contributed by atoms with E-state index in [-0.39, 0.29) is 5.60 Å². The van der Waals surface area contributed by atoms with Crippen LogP contribution in [0.15, 0.2) is 0 Å². The largest absolute Gasteiger partial charge is 0.390 e. The average molecular weight is 228 g/mol. The highest BCUT2D eigenvalue weighted by molar-refractivity contribution is 4.87. The Hall–Kier alpha value is -0.0800. The van der Waals surface area contributed by atoms with E-state index >= 15 is 0 Å². The van der Waals surface area contributed by atoms with Gasteiger partial charge in [-0.3, -0.25) is 0 Å². The summed E-state index contributed by atoms with van der Waals surface area (Å²) in [6.45, 7) is 6.44. The summed E-state index contributed by atoms with van der Waals surface area (Å²) in [7, 11) is 1.75. The van der Waals surface area contributed by atoms with Gasteiger partial charge in [-0.05, 0) is 58.3 Å². The lowest BCUT2D eigenvalue weighted by Crippen LogP contribution is -2.36. The van der Waals surface area contributed by atoms with Crippen LogP contribution in [-0.4, -0.2) is 23.4 Å². The lowest BCUT2D eigenvalue weighted by atomic mass is 9.75. The van der Waals surface area contributed by atoms with Gasteiger partial charge >= 0.3 is 0 Å². The van der Waals surface area contributed by atoms with Crippen LogP contribution in [0.2, 0.25) is 0 Å². The summed E-state index contributed by atoms with van der Waals surface area (Å²) in [6.07, 6.45) is 7.43. The zero-order chi connectivity index (χ0) is 12.2. The van der Waals surface area contributed by atoms with Crippen molar-refractivity contribution in [3.63, 3.8) is 0 Å². The Morgan fingerprint density at radius 3 is 2.31 bits per heavy atom. The van der Waals surface area contributed by atoms with Crippen molar-refractivity contribution in [2.75, 3.05) is 7.11 Å². The van der Waals surface area contributed by atoms with Gasteiger partial charge in [0.2, 0.25) is 0 Å². The first-order valence-electron chi connectivity index (χ1n) is 6.68. The molecule has 0 aliphatic heterocycles. The second kappa shape index (κ2) is 5.50. The van der Waals surface area contributed by atoms with Crippen LogP contribution >= 0.6 is 0 Å². The van der Waals surface area contributed by atoms with Crippen LogP contribution in [0.5, 0.6) is 0 Å². The Morgan fingerprint density at radius 1 is 1.31 bits per heavy atom. The van der Waals surface area contributed by atoms with Gasteiger partial charge in [-0.1, -0.05) is 13.3 Å². The van der Waals surface area contributed by atoms with E-state index in [0.29, 0.717) is 0 Å². The van der Waals surface area contributed by atoms with E-state index in [0.717, 1.165) is 31.6 Å². The third-order valence-electron chi connectivity index (χ3n) is 4.36. The third kappa shape index (κ3) is 4.06. The molecule has 0 aromatic rings. The normalized spacial score (nSPS) is 31.7. The van der Waals surface area contributed by atoms with Crippen molar-refractivity contribution in [1.29, 1.82) is 0 Å². The van der Waals surface area contributed by atoms with Crippen LogP contribution in [0.25, 0.3) is 0 Å². The maximum Gasteiger partial charge on any atom is 0.0649 e. The highest BCUT2D eigenvalue weighted by Gasteiger charge is 2.34. The number of hydrogen-bond acceptors (Lipinski definition) is 2. The second-order valence-electron chi connectivity index (χ2n) is 6.04. The van der Waals surface area contributed by atoms with Crippen LogP contribution in [0.3, 0.4) is 0 Å². The predicted octanol–water partition coefficient (Wildman–Crippen LogP) is 3.52. The van der Waals surface area contributed by atoms with E-state index in [9.17, 15) is 5.11 Å². The summed E-state index contributed by atoms with van der Waals surface area (Å²) in [4.78, 5) is 0. The first-order chi connectivity index (χ1) is 7.41. The Labute approximate surface area is 100 Å². The molecule has 96 valence electrons. The number of aliphatic hydroxyl groups is 1. The molecule has 2 nitrogen and oxygen atoms in total. The topological polar surface area (TPSA) is 29.5 Å². The van der Waals surface area contributed by atoms with E-state index in [1.165, 1.54) is 19.3 Å². The summed E-state index contributed by atoms with van der Waals surface area (Å²) in [5.41, 5.74) is -0.515. The number of methoxy groups -OCH3 is 1. The first-order valence-corrected chi connectivity index (χ1v) is 6.68. The van der Waals surface area contributed by atoms with Crippen molar-refractivity contribution in [2.45, 2.75) is 76.9 Å². The molecule has 16 heavy (non-hydrogen) atoms. The molecule has 0 bridgehead atoms. The second-order valence-corrected chi connectivity index (χ2v) is 6.04. The quantitative estimate of drug-likeness (QED) is 0.780. The van der Waals surface area contributed by atoms with Crippen molar-refractivity contribution in [1.82, 2.24) is 0 Å². The van der Waals surface area contributed by atoms with Crippen LogP contribution in [0.1, 0.15) is 65.7 Å². The Morgan fingerprint density at radius 2 is 1.88 bits per heavy atom. The third-order valence-corrected chi connectivity index (χ3v) is 4.36. The summed E-state index contributed by atoms with van der Waals surface area (Å²) >= 11 is 0. The molecule has 1 fully saturated rings. The summed E-state index contributed by atoms with van der Waals surface area (Å²) in [6, 6.07) is 0. The fourth-order valence-electron chi connectivity index (χ4n) is 2.51. The average Bonchev–Trinajstić information content (AvgIpc) is 2.28. The first kappa shape index (κ1) is 14.0. The lowest BCUT2D eigenvalue weighted by Gasteiger charge is -2.37. The van der Waals surface area contributed by atoms with E-state index in [4.69, 9.17) is 4.74 Å². The van der Waals surface area contributed by atoms with Crippen LogP contribution in [0.4, 0.5) is 0 Å². The van der Waals surface area contributed by atoms with E-state index in [1.54, 1.807) is 7.11 Å². The van der Waals surface area contributed by atoms with Crippen LogP contribution in [-0.2, 0) is 4.74 Å². The molecule has 1 aliphatic carbocycles. The molecule has 1 N–H and O–H groups in total. The number of hydrogen-bond donors (Lipinski definition) is 1. The van der Waals surface area contributed by atoms with Gasteiger partial charge in [-0.15, -0.1) is 0 Å². The highest BCUT2D eigenvalue weighted by atomic mass is 16.5. The van der Waals surface area contributed by atoms with Gasteiger partial charge in [0.05, 0.1) is 11.2 Å². The summed E-state index contributed by atoms with van der Waals surface area (Å²) in [5.74, 6) is 0.843. The minimum Gasteiger partial charge on any atom is -0.390 e. The Bertz CT molecular complexity index is 203. The molecule has 0 radical (unpaired) electrons. The van der Waals surface area contributed by atoms with Crippen molar-refractivity contribution >= 4 is 0 Å². The van der Waals surface area contributed by atoms with Gasteiger partial charge in [0.25, 0.3) is 0 Å². The zero-order valence-electron chi connectivity index (χ0n) is 11.4. The fraction of sp³-hybridized carbons (Fsp3) is 1.00. The number of ether oxygens (including phenoxy) is 1. The monoisotopic (exact) mass is 228 g/mol. The van der Waals surface area contributed by atoms with E-state index < -0.39 is 5.60 Å². The van der Waals surface area contributed by atoms with Gasteiger partial charge in [0, 0.05) is 7.11 Å². The molecule has 0 atom stereocenters. The zero-order valence-corrected chi connectivity index (χ0v) is 11.4. The molecule has 0 amide bonds. The fourth-order valence-corrected chi connectivity index (χ4v) is 2.51. The van der Waals surface area contributed by atoms with Crippen LogP contribution in [0, 0.1) is 5.92 Å².